The largest absolute Gasteiger partial charge is 0.342 e. The van der Waals surface area contributed by atoms with Gasteiger partial charge in [-0.15, -0.1) is 0 Å². The standard InChI is InChI=1S/C18H18N6O/c1-11-8-13(4-6-19-11)17-14-5-7-20-16(9-15(14)23-24-17)22-18(25)21-10-12-2-3-12/h4-9,12,23H,2-3,10H2,1H3,(H,21,25). The summed E-state index contributed by atoms with van der Waals surface area (Å²) >= 11 is 0. The fraction of sp³-hybridized carbons (Fsp3) is 0.278. The lowest BCUT2D eigenvalue weighted by atomic mass is 10.1. The Kier molecular flexibility index (Phi) is 3.97. The average Bonchev–Trinajstić information content (AvgIpc) is 3.37. The molecule has 7 nitrogen and oxygen atoms in total. The minimum Gasteiger partial charge on any atom is -0.336 e. The van der Waals surface area contributed by atoms with Crippen LogP contribution in [0.4, 0.5) is 4.79 Å². The van der Waals surface area contributed by atoms with E-state index in [0.29, 0.717) is 18.0 Å². The van der Waals surface area contributed by atoms with Gasteiger partial charge in [-0.3, -0.25) is 10.1 Å². The highest BCUT2D eigenvalue weighted by atomic mass is 16.2. The summed E-state index contributed by atoms with van der Waals surface area (Å²) in [6, 6.07) is 7.14. The van der Waals surface area contributed by atoms with Crippen molar-refractivity contribution in [3.8, 4) is 11.3 Å². The molecule has 0 radical (unpaired) electrons. The number of carbonyl (C=O) groups is 1. The van der Waals surface area contributed by atoms with Crippen LogP contribution >= 0.6 is 0 Å². The Labute approximate surface area is 144 Å². The molecule has 1 saturated carbocycles. The van der Waals surface area contributed by atoms with E-state index in [1.54, 1.807) is 18.5 Å². The molecule has 126 valence electrons. The third-order valence-electron chi connectivity index (χ3n) is 4.18. The van der Waals surface area contributed by atoms with E-state index in [1.807, 2.05) is 25.1 Å². The SMILES string of the molecule is Cc1cc(-c2n[nH]c3cc(=NC(=O)NCC4CC4)nccc23)ccn1. The Morgan fingerprint density at radius 3 is 2.92 bits per heavy atom. The number of fused-ring (bicyclic) bond motifs is 1. The van der Waals surface area contributed by atoms with Crippen molar-refractivity contribution in [1.82, 2.24) is 25.5 Å². The van der Waals surface area contributed by atoms with Crippen LogP contribution in [0.25, 0.3) is 22.2 Å². The summed E-state index contributed by atoms with van der Waals surface area (Å²) in [4.78, 5) is 24.4. The number of aromatic nitrogens is 4. The third kappa shape index (κ3) is 3.55. The minimum absolute atomic E-state index is 0.351. The number of H-pyrrole nitrogens is 1. The molecule has 2 N–H and O–H groups in total. The van der Waals surface area contributed by atoms with Gasteiger partial charge in [0.1, 0.15) is 5.69 Å². The molecule has 1 aliphatic carbocycles. The number of pyridine rings is 1. The summed E-state index contributed by atoms with van der Waals surface area (Å²) in [5.41, 5.74) is 3.85. The van der Waals surface area contributed by atoms with Gasteiger partial charge in [0.15, 0.2) is 5.49 Å². The van der Waals surface area contributed by atoms with E-state index >= 15 is 0 Å². The number of aromatic amines is 1. The lowest BCUT2D eigenvalue weighted by Crippen LogP contribution is -2.24. The normalized spacial score (nSPS) is 14.7. The van der Waals surface area contributed by atoms with Crippen LogP contribution in [0.3, 0.4) is 0 Å². The first-order chi connectivity index (χ1) is 12.2. The molecule has 0 saturated heterocycles. The van der Waals surface area contributed by atoms with Gasteiger partial charge in [-0.05, 0) is 43.9 Å². The highest BCUT2D eigenvalue weighted by molar-refractivity contribution is 5.92. The second kappa shape index (κ2) is 6.43. The fourth-order valence-electron chi connectivity index (χ4n) is 2.67. The highest BCUT2D eigenvalue weighted by Crippen LogP contribution is 2.27. The van der Waals surface area contributed by atoms with Crippen LogP contribution < -0.4 is 10.8 Å². The van der Waals surface area contributed by atoms with Gasteiger partial charge in [0.05, 0.1) is 5.52 Å². The van der Waals surface area contributed by atoms with Crippen LogP contribution in [0, 0.1) is 12.8 Å². The van der Waals surface area contributed by atoms with Crippen LogP contribution in [-0.2, 0) is 0 Å². The summed E-state index contributed by atoms with van der Waals surface area (Å²) in [6.45, 7) is 2.63. The Morgan fingerprint density at radius 2 is 2.12 bits per heavy atom. The zero-order valence-electron chi connectivity index (χ0n) is 13.9. The number of urea groups is 1. The van der Waals surface area contributed by atoms with E-state index < -0.39 is 0 Å². The van der Waals surface area contributed by atoms with E-state index in [1.165, 1.54) is 12.8 Å². The molecule has 0 bridgehead atoms. The van der Waals surface area contributed by atoms with Crippen molar-refractivity contribution in [1.29, 1.82) is 0 Å². The van der Waals surface area contributed by atoms with Crippen LogP contribution in [-0.4, -0.2) is 32.7 Å². The van der Waals surface area contributed by atoms with Gasteiger partial charge in [-0.2, -0.15) is 10.1 Å². The van der Waals surface area contributed by atoms with E-state index in [0.717, 1.165) is 27.9 Å². The van der Waals surface area contributed by atoms with Gasteiger partial charge in [-0.25, -0.2) is 9.78 Å². The Bertz CT molecular complexity index is 1010. The highest BCUT2D eigenvalue weighted by Gasteiger charge is 2.21. The number of carbonyl (C=O) groups excluding carboxylic acids is 1. The zero-order chi connectivity index (χ0) is 17.2. The van der Waals surface area contributed by atoms with Crippen molar-refractivity contribution in [3.63, 3.8) is 0 Å². The fourth-order valence-corrected chi connectivity index (χ4v) is 2.67. The van der Waals surface area contributed by atoms with Gasteiger partial charge < -0.3 is 5.32 Å². The lowest BCUT2D eigenvalue weighted by Gasteiger charge is -1.97. The van der Waals surface area contributed by atoms with Crippen LogP contribution in [0.2, 0.25) is 0 Å². The molecule has 1 aliphatic rings. The molecule has 4 rings (SSSR count). The molecule has 3 aromatic heterocycles. The predicted molar refractivity (Wildman–Crippen MR) is 93.5 cm³/mol. The zero-order valence-corrected chi connectivity index (χ0v) is 13.9. The topological polar surface area (TPSA) is 95.9 Å². The van der Waals surface area contributed by atoms with E-state index in [2.05, 4.69) is 30.5 Å². The number of amides is 2. The second-order valence-electron chi connectivity index (χ2n) is 6.27. The smallest absolute Gasteiger partial charge is 0.336 e. The lowest BCUT2D eigenvalue weighted by molar-refractivity contribution is 0.248. The first kappa shape index (κ1) is 15.4. The van der Waals surface area contributed by atoms with Crippen LogP contribution in [0.1, 0.15) is 18.5 Å². The van der Waals surface area contributed by atoms with Crippen molar-refractivity contribution < 1.29 is 4.79 Å². The maximum atomic E-state index is 11.9. The summed E-state index contributed by atoms with van der Waals surface area (Å²) in [5.74, 6) is 0.615. The number of nitrogens with one attached hydrogen (secondary N) is 2. The molecule has 0 unspecified atom stereocenters. The summed E-state index contributed by atoms with van der Waals surface area (Å²) in [6.07, 6.45) is 5.77. The third-order valence-corrected chi connectivity index (χ3v) is 4.18. The Hall–Kier alpha value is -3.09. The summed E-state index contributed by atoms with van der Waals surface area (Å²) in [5, 5.41) is 11.1. The van der Waals surface area contributed by atoms with Crippen molar-refractivity contribution >= 4 is 16.9 Å². The van der Waals surface area contributed by atoms with Gasteiger partial charge in [0.25, 0.3) is 0 Å². The molecule has 1 fully saturated rings. The van der Waals surface area contributed by atoms with Crippen molar-refractivity contribution in [2.45, 2.75) is 19.8 Å². The monoisotopic (exact) mass is 334 g/mol. The van der Waals surface area contributed by atoms with Crippen molar-refractivity contribution in [2.24, 2.45) is 10.9 Å². The van der Waals surface area contributed by atoms with Crippen LogP contribution in [0.15, 0.2) is 41.7 Å². The molecular weight excluding hydrogens is 316 g/mol. The molecule has 0 aliphatic heterocycles. The minimum atomic E-state index is -0.358. The molecule has 25 heavy (non-hydrogen) atoms. The summed E-state index contributed by atoms with van der Waals surface area (Å²) < 4.78 is 0. The van der Waals surface area contributed by atoms with Gasteiger partial charge in [0, 0.05) is 41.6 Å². The molecule has 0 atom stereocenters. The average molecular weight is 334 g/mol. The van der Waals surface area contributed by atoms with Crippen LogP contribution in [0.5, 0.6) is 0 Å². The molecule has 0 aromatic carbocycles. The quantitative estimate of drug-likeness (QED) is 0.768. The van der Waals surface area contributed by atoms with E-state index in [9.17, 15) is 4.79 Å². The maximum Gasteiger partial charge on any atom is 0.342 e. The Balaban J connectivity index is 1.69. The molecule has 3 aromatic rings. The molecule has 7 heteroatoms. The van der Waals surface area contributed by atoms with E-state index in [-0.39, 0.29) is 6.03 Å². The maximum absolute atomic E-state index is 11.9. The Morgan fingerprint density at radius 1 is 1.28 bits per heavy atom. The predicted octanol–water partition coefficient (Wildman–Crippen LogP) is 2.35. The number of hydrogen-bond donors (Lipinski definition) is 2. The molecule has 2 amide bonds. The van der Waals surface area contributed by atoms with E-state index in [4.69, 9.17) is 0 Å². The number of hydrogen-bond acceptors (Lipinski definition) is 4. The molecule has 3 heterocycles. The molecular formula is C18H18N6O. The second-order valence-corrected chi connectivity index (χ2v) is 6.27. The first-order valence-electron chi connectivity index (χ1n) is 8.29. The number of nitrogens with zero attached hydrogens (tertiary/aromatic N) is 4. The van der Waals surface area contributed by atoms with Crippen molar-refractivity contribution in [3.05, 3.63) is 47.8 Å². The van der Waals surface area contributed by atoms with Crippen molar-refractivity contribution in [2.75, 3.05) is 6.54 Å². The number of aryl methyl sites for hydroxylation is 1. The summed E-state index contributed by atoms with van der Waals surface area (Å²) in [7, 11) is 0. The van der Waals surface area contributed by atoms with Gasteiger partial charge in [0.2, 0.25) is 0 Å². The van der Waals surface area contributed by atoms with Gasteiger partial charge in [-0.1, -0.05) is 0 Å². The molecule has 0 spiro atoms. The van der Waals surface area contributed by atoms with Gasteiger partial charge >= 0.3 is 6.03 Å². The number of rotatable bonds is 3. The first-order valence-corrected chi connectivity index (χ1v) is 8.29.